The number of methoxy groups -OCH3 is 1. The molecule has 1 aliphatic rings. The number of esters is 1. The maximum Gasteiger partial charge on any atom is 0.334 e. The molecule has 2 heterocycles. The van der Waals surface area contributed by atoms with Crippen molar-refractivity contribution in [3.63, 3.8) is 0 Å². The fraction of sp³-hybridized carbons (Fsp3) is 0.375. The van der Waals surface area contributed by atoms with E-state index < -0.39 is 12.0 Å². The van der Waals surface area contributed by atoms with E-state index in [0.717, 1.165) is 0 Å². The number of oxazole rings is 1. The molecule has 7 heteroatoms. The molecule has 0 saturated heterocycles. The van der Waals surface area contributed by atoms with Gasteiger partial charge >= 0.3 is 5.97 Å². The Kier molecular flexibility index (Phi) is 2.72. The normalized spacial score (nSPS) is 19.6. The molecule has 2 rings (SSSR count). The highest BCUT2D eigenvalue weighted by Crippen LogP contribution is 2.15. The Balaban J connectivity index is 2.16. The van der Waals surface area contributed by atoms with Gasteiger partial charge in [-0.3, -0.25) is 0 Å². The smallest absolute Gasteiger partial charge is 0.334 e. The van der Waals surface area contributed by atoms with Crippen LogP contribution in [0.25, 0.3) is 0 Å². The number of aromatic nitrogens is 1. The lowest BCUT2D eigenvalue weighted by atomic mass is 10.3. The van der Waals surface area contributed by atoms with Crippen LogP contribution >= 0.6 is 15.9 Å². The van der Waals surface area contributed by atoms with Gasteiger partial charge in [0.25, 0.3) is 4.80 Å². The summed E-state index contributed by atoms with van der Waals surface area (Å²) in [6, 6.07) is -0.611. The van der Waals surface area contributed by atoms with E-state index in [1.165, 1.54) is 13.4 Å². The van der Waals surface area contributed by atoms with Gasteiger partial charge in [-0.2, -0.15) is 4.98 Å². The molecule has 1 atom stereocenters. The van der Waals surface area contributed by atoms with Crippen LogP contribution < -0.4 is 0 Å². The van der Waals surface area contributed by atoms with Gasteiger partial charge in [-0.05, 0) is 0 Å². The van der Waals surface area contributed by atoms with Crippen molar-refractivity contribution >= 4 is 27.8 Å². The molecule has 1 aliphatic heterocycles. The molecular weight excluding hydrogens is 268 g/mol. The molecule has 0 aliphatic carbocycles. The van der Waals surface area contributed by atoms with Crippen LogP contribution in [-0.2, 0) is 14.3 Å². The minimum Gasteiger partial charge on any atom is -0.473 e. The quantitative estimate of drug-likeness (QED) is 0.745. The summed E-state index contributed by atoms with van der Waals surface area (Å²) in [5, 5.41) is 0. The standard InChI is InChI=1S/C8H7BrN2O4/c1-13-7(12)5-3-14-6(10-5)4-2-15-8(9)11-4/h2,5H,3H2,1H3. The predicted octanol–water partition coefficient (Wildman–Crippen LogP) is 0.755. The van der Waals surface area contributed by atoms with Gasteiger partial charge in [0.05, 0.1) is 7.11 Å². The van der Waals surface area contributed by atoms with E-state index in [4.69, 9.17) is 9.15 Å². The molecule has 0 bridgehead atoms. The Morgan fingerprint density at radius 1 is 1.73 bits per heavy atom. The van der Waals surface area contributed by atoms with E-state index in [-0.39, 0.29) is 6.61 Å². The van der Waals surface area contributed by atoms with Gasteiger partial charge in [-0.15, -0.1) is 0 Å². The van der Waals surface area contributed by atoms with Crippen LogP contribution in [0.5, 0.6) is 0 Å². The minimum absolute atomic E-state index is 0.173. The number of aliphatic imine (C=N–C) groups is 1. The molecule has 0 radical (unpaired) electrons. The lowest BCUT2D eigenvalue weighted by molar-refractivity contribution is -0.142. The first kappa shape index (κ1) is 10.2. The second kappa shape index (κ2) is 4.01. The molecule has 0 spiro atoms. The lowest BCUT2D eigenvalue weighted by Crippen LogP contribution is -2.21. The summed E-state index contributed by atoms with van der Waals surface area (Å²) in [4.78, 5) is 19.4. The second-order valence-corrected chi connectivity index (χ2v) is 3.45. The number of halogens is 1. The zero-order chi connectivity index (χ0) is 10.8. The Labute approximate surface area is 93.4 Å². The molecule has 0 aromatic carbocycles. The molecular formula is C8H7BrN2O4. The van der Waals surface area contributed by atoms with Gasteiger partial charge in [-0.25, -0.2) is 9.79 Å². The average Bonchev–Trinajstić information content (AvgIpc) is 2.84. The van der Waals surface area contributed by atoms with Gasteiger partial charge in [0.2, 0.25) is 5.90 Å². The first-order valence-electron chi connectivity index (χ1n) is 4.10. The number of hydrogen-bond acceptors (Lipinski definition) is 6. The number of hydrogen-bond donors (Lipinski definition) is 0. The Bertz CT molecular complexity index is 415. The number of carbonyl (C=O) groups is 1. The lowest BCUT2D eigenvalue weighted by Gasteiger charge is -1.99. The number of nitrogens with zero attached hydrogens (tertiary/aromatic N) is 2. The molecule has 1 unspecified atom stereocenters. The van der Waals surface area contributed by atoms with Crippen molar-refractivity contribution < 1.29 is 18.7 Å². The van der Waals surface area contributed by atoms with E-state index in [9.17, 15) is 4.79 Å². The van der Waals surface area contributed by atoms with Gasteiger partial charge < -0.3 is 13.9 Å². The largest absolute Gasteiger partial charge is 0.473 e. The van der Waals surface area contributed by atoms with Gasteiger partial charge in [0.15, 0.2) is 11.7 Å². The predicted molar refractivity (Wildman–Crippen MR) is 52.5 cm³/mol. The van der Waals surface area contributed by atoms with Crippen LogP contribution in [0.3, 0.4) is 0 Å². The van der Waals surface area contributed by atoms with Crippen LogP contribution in [-0.4, -0.2) is 36.6 Å². The third kappa shape index (κ3) is 2.01. The zero-order valence-electron chi connectivity index (χ0n) is 7.77. The van der Waals surface area contributed by atoms with Crippen LogP contribution in [0.2, 0.25) is 0 Å². The monoisotopic (exact) mass is 274 g/mol. The second-order valence-electron chi connectivity index (χ2n) is 2.77. The first-order valence-corrected chi connectivity index (χ1v) is 4.90. The molecule has 1 aromatic rings. The van der Waals surface area contributed by atoms with Crippen molar-refractivity contribution in [3.05, 3.63) is 16.8 Å². The topological polar surface area (TPSA) is 73.9 Å². The Hall–Kier alpha value is -1.37. The van der Waals surface area contributed by atoms with Crippen LogP contribution in [0, 0.1) is 0 Å². The van der Waals surface area contributed by atoms with Crippen molar-refractivity contribution in [1.82, 2.24) is 4.98 Å². The van der Waals surface area contributed by atoms with E-state index in [2.05, 4.69) is 30.6 Å². The maximum atomic E-state index is 11.1. The van der Waals surface area contributed by atoms with Crippen LogP contribution in [0.15, 0.2) is 20.5 Å². The van der Waals surface area contributed by atoms with Crippen LogP contribution in [0.4, 0.5) is 0 Å². The summed E-state index contributed by atoms with van der Waals surface area (Å²) in [5.41, 5.74) is 0.452. The summed E-state index contributed by atoms with van der Waals surface area (Å²) in [6.07, 6.45) is 1.39. The summed E-state index contributed by atoms with van der Waals surface area (Å²) in [6.45, 7) is 0.173. The summed E-state index contributed by atoms with van der Waals surface area (Å²) < 4.78 is 14.7. The van der Waals surface area contributed by atoms with Gasteiger partial charge in [0.1, 0.15) is 12.9 Å². The number of rotatable bonds is 2. The summed E-state index contributed by atoms with van der Waals surface area (Å²) in [7, 11) is 1.31. The number of ether oxygens (including phenoxy) is 2. The minimum atomic E-state index is -0.611. The average molecular weight is 275 g/mol. The van der Waals surface area contributed by atoms with Crippen molar-refractivity contribution in [1.29, 1.82) is 0 Å². The summed E-state index contributed by atoms with van der Waals surface area (Å²) in [5.74, 6) is -0.132. The molecule has 15 heavy (non-hydrogen) atoms. The maximum absolute atomic E-state index is 11.1. The van der Waals surface area contributed by atoms with E-state index in [1.807, 2.05) is 0 Å². The Morgan fingerprint density at radius 2 is 2.53 bits per heavy atom. The highest BCUT2D eigenvalue weighted by Gasteiger charge is 2.28. The highest BCUT2D eigenvalue weighted by molar-refractivity contribution is 9.10. The van der Waals surface area contributed by atoms with E-state index in [1.54, 1.807) is 0 Å². The Morgan fingerprint density at radius 3 is 3.13 bits per heavy atom. The zero-order valence-corrected chi connectivity index (χ0v) is 9.35. The number of carbonyl (C=O) groups excluding carboxylic acids is 1. The molecule has 0 fully saturated rings. The fourth-order valence-corrected chi connectivity index (χ4v) is 1.41. The molecule has 0 N–H and O–H groups in total. The van der Waals surface area contributed by atoms with E-state index >= 15 is 0 Å². The fourth-order valence-electron chi connectivity index (χ4n) is 1.12. The molecule has 0 saturated carbocycles. The molecule has 0 amide bonds. The molecule has 6 nitrogen and oxygen atoms in total. The van der Waals surface area contributed by atoms with Crippen molar-refractivity contribution in [3.8, 4) is 0 Å². The van der Waals surface area contributed by atoms with Gasteiger partial charge in [0, 0.05) is 15.9 Å². The van der Waals surface area contributed by atoms with Crippen LogP contribution in [0.1, 0.15) is 5.69 Å². The first-order chi connectivity index (χ1) is 7.20. The van der Waals surface area contributed by atoms with Crippen molar-refractivity contribution in [2.24, 2.45) is 4.99 Å². The molecule has 80 valence electrons. The molecule has 1 aromatic heterocycles. The SMILES string of the molecule is COC(=O)C1COC(c2coc(Br)n2)=N1. The third-order valence-corrected chi connectivity index (χ3v) is 2.18. The van der Waals surface area contributed by atoms with Gasteiger partial charge in [-0.1, -0.05) is 0 Å². The van der Waals surface area contributed by atoms with Crippen molar-refractivity contribution in [2.45, 2.75) is 6.04 Å². The highest BCUT2D eigenvalue weighted by atomic mass is 79.9. The van der Waals surface area contributed by atoms with E-state index in [0.29, 0.717) is 16.4 Å². The summed E-state index contributed by atoms with van der Waals surface area (Å²) >= 11 is 3.06. The van der Waals surface area contributed by atoms with Crippen molar-refractivity contribution in [2.75, 3.05) is 13.7 Å². The third-order valence-electron chi connectivity index (χ3n) is 1.82.